The lowest BCUT2D eigenvalue weighted by Crippen LogP contribution is -2.48. The van der Waals surface area contributed by atoms with Gasteiger partial charge in [-0.25, -0.2) is 4.79 Å². The van der Waals surface area contributed by atoms with Crippen LogP contribution in [0.15, 0.2) is 0 Å². The summed E-state index contributed by atoms with van der Waals surface area (Å²) < 4.78 is 5.02. The van der Waals surface area contributed by atoms with Gasteiger partial charge in [-0.2, -0.15) is 0 Å². The van der Waals surface area contributed by atoms with Gasteiger partial charge < -0.3 is 20.1 Å². The van der Waals surface area contributed by atoms with Gasteiger partial charge in [0, 0.05) is 20.2 Å². The number of aliphatic carboxylic acids is 1. The Morgan fingerprint density at radius 1 is 1.32 bits per heavy atom. The van der Waals surface area contributed by atoms with Gasteiger partial charge in [0.05, 0.1) is 18.6 Å². The lowest BCUT2D eigenvalue weighted by molar-refractivity contribution is -0.142. The van der Waals surface area contributed by atoms with Crippen LogP contribution in [0.1, 0.15) is 27.7 Å². The maximum Gasteiger partial charge on any atom is 0.317 e. The van der Waals surface area contributed by atoms with Crippen LogP contribution in [0.3, 0.4) is 0 Å². The number of nitrogens with zero attached hydrogens (tertiary/aromatic N) is 1. The normalized spacial score (nSPS) is 14.0. The molecule has 0 heterocycles. The number of likely N-dealkylation sites (N-methyl/N-ethyl adjacent to an activating group) is 1. The molecule has 0 aromatic carbocycles. The van der Waals surface area contributed by atoms with Crippen molar-refractivity contribution in [1.29, 1.82) is 0 Å². The van der Waals surface area contributed by atoms with E-state index in [1.54, 1.807) is 12.0 Å². The fourth-order valence-corrected chi connectivity index (χ4v) is 1.89. The molecule has 0 spiro atoms. The van der Waals surface area contributed by atoms with Crippen molar-refractivity contribution in [3.8, 4) is 0 Å². The van der Waals surface area contributed by atoms with Crippen molar-refractivity contribution in [2.75, 3.05) is 26.8 Å². The Bertz CT molecular complexity index is 294. The summed E-state index contributed by atoms with van der Waals surface area (Å²) in [5, 5.41) is 11.7. The van der Waals surface area contributed by atoms with E-state index in [9.17, 15) is 9.59 Å². The number of hydrogen-bond acceptors (Lipinski definition) is 3. The molecule has 0 fully saturated rings. The van der Waals surface area contributed by atoms with Gasteiger partial charge >= 0.3 is 12.0 Å². The van der Waals surface area contributed by atoms with Crippen molar-refractivity contribution in [3.63, 3.8) is 0 Å². The summed E-state index contributed by atoms with van der Waals surface area (Å²) in [5.41, 5.74) is 0. The van der Waals surface area contributed by atoms with Crippen LogP contribution in [0.2, 0.25) is 0 Å². The summed E-state index contributed by atoms with van der Waals surface area (Å²) in [6.07, 6.45) is 0. The first-order chi connectivity index (χ1) is 8.84. The molecule has 2 atom stereocenters. The van der Waals surface area contributed by atoms with Gasteiger partial charge in [-0.15, -0.1) is 0 Å². The van der Waals surface area contributed by atoms with E-state index in [2.05, 4.69) is 5.32 Å². The van der Waals surface area contributed by atoms with Crippen LogP contribution in [-0.4, -0.2) is 54.9 Å². The second kappa shape index (κ2) is 8.74. The molecule has 0 radical (unpaired) electrons. The van der Waals surface area contributed by atoms with Crippen molar-refractivity contribution >= 4 is 12.0 Å². The van der Waals surface area contributed by atoms with Gasteiger partial charge in [-0.05, 0) is 19.8 Å². The summed E-state index contributed by atoms with van der Waals surface area (Å²) in [6.45, 7) is 8.57. The Hall–Kier alpha value is -1.30. The number of carbonyl (C=O) groups excluding carboxylic acids is 1. The van der Waals surface area contributed by atoms with Crippen molar-refractivity contribution in [2.45, 2.75) is 33.7 Å². The van der Waals surface area contributed by atoms with E-state index in [-0.39, 0.29) is 24.5 Å². The van der Waals surface area contributed by atoms with Crippen LogP contribution in [0.4, 0.5) is 4.79 Å². The van der Waals surface area contributed by atoms with Crippen LogP contribution < -0.4 is 5.32 Å². The minimum Gasteiger partial charge on any atom is -0.481 e. The molecular weight excluding hydrogens is 248 g/mol. The van der Waals surface area contributed by atoms with Gasteiger partial charge in [0.15, 0.2) is 0 Å². The van der Waals surface area contributed by atoms with Gasteiger partial charge in [0.25, 0.3) is 0 Å². The third-order valence-corrected chi connectivity index (χ3v) is 3.14. The fourth-order valence-electron chi connectivity index (χ4n) is 1.89. The molecule has 0 aliphatic heterocycles. The zero-order valence-electron chi connectivity index (χ0n) is 12.5. The highest BCUT2D eigenvalue weighted by molar-refractivity contribution is 5.76. The summed E-state index contributed by atoms with van der Waals surface area (Å²) in [7, 11) is 1.58. The Kier molecular flexibility index (Phi) is 8.14. The Labute approximate surface area is 115 Å². The summed E-state index contributed by atoms with van der Waals surface area (Å²) in [6, 6.07) is -0.295. The lowest BCUT2D eigenvalue weighted by Gasteiger charge is -2.28. The maximum absolute atomic E-state index is 12.0. The summed E-state index contributed by atoms with van der Waals surface area (Å²) >= 11 is 0. The predicted molar refractivity (Wildman–Crippen MR) is 73.1 cm³/mol. The molecule has 0 saturated heterocycles. The molecule has 6 nitrogen and oxygen atoms in total. The van der Waals surface area contributed by atoms with Crippen LogP contribution >= 0.6 is 0 Å². The van der Waals surface area contributed by atoms with Gasteiger partial charge in [-0.1, -0.05) is 13.8 Å². The molecule has 6 heteroatoms. The zero-order valence-corrected chi connectivity index (χ0v) is 12.5. The van der Waals surface area contributed by atoms with E-state index in [4.69, 9.17) is 9.84 Å². The molecular formula is C13H26N2O4. The van der Waals surface area contributed by atoms with Crippen molar-refractivity contribution < 1.29 is 19.4 Å². The second-order valence-electron chi connectivity index (χ2n) is 4.97. The third kappa shape index (κ3) is 5.92. The molecule has 0 aliphatic carbocycles. The number of amides is 2. The van der Waals surface area contributed by atoms with Crippen LogP contribution in [0.25, 0.3) is 0 Å². The number of carboxylic acids is 1. The molecule has 112 valence electrons. The minimum atomic E-state index is -0.886. The summed E-state index contributed by atoms with van der Waals surface area (Å²) in [5.74, 6) is -1.48. The van der Waals surface area contributed by atoms with E-state index in [1.165, 1.54) is 0 Å². The molecule has 0 aromatic heterocycles. The first kappa shape index (κ1) is 17.7. The van der Waals surface area contributed by atoms with E-state index in [0.717, 1.165) is 0 Å². The SMILES string of the molecule is CCN(C(=O)NCC(C(=O)O)C(C)C)C(C)COC. The Balaban J connectivity index is 4.45. The number of ether oxygens (including phenoxy) is 1. The standard InChI is InChI=1S/C13H26N2O4/c1-6-15(10(4)8-19-5)13(18)14-7-11(9(2)3)12(16)17/h9-11H,6-8H2,1-5H3,(H,14,18)(H,16,17). The average Bonchev–Trinajstić information content (AvgIpc) is 2.29. The number of hydrogen-bond donors (Lipinski definition) is 2. The zero-order chi connectivity index (χ0) is 15.0. The second-order valence-corrected chi connectivity index (χ2v) is 4.97. The molecule has 0 bridgehead atoms. The van der Waals surface area contributed by atoms with Gasteiger partial charge in [0.1, 0.15) is 0 Å². The molecule has 0 saturated carbocycles. The van der Waals surface area contributed by atoms with E-state index in [1.807, 2.05) is 27.7 Å². The van der Waals surface area contributed by atoms with Crippen molar-refractivity contribution in [3.05, 3.63) is 0 Å². The quantitative estimate of drug-likeness (QED) is 0.701. The summed E-state index contributed by atoms with van der Waals surface area (Å²) in [4.78, 5) is 24.7. The Morgan fingerprint density at radius 3 is 2.26 bits per heavy atom. The molecule has 0 aromatic rings. The smallest absolute Gasteiger partial charge is 0.317 e. The highest BCUT2D eigenvalue weighted by atomic mass is 16.5. The third-order valence-electron chi connectivity index (χ3n) is 3.14. The van der Waals surface area contributed by atoms with Crippen LogP contribution in [0.5, 0.6) is 0 Å². The van der Waals surface area contributed by atoms with Crippen LogP contribution in [0, 0.1) is 11.8 Å². The first-order valence-electron chi connectivity index (χ1n) is 6.61. The largest absolute Gasteiger partial charge is 0.481 e. The predicted octanol–water partition coefficient (Wildman–Crippen LogP) is 1.41. The molecule has 2 amide bonds. The number of rotatable bonds is 8. The number of methoxy groups -OCH3 is 1. The van der Waals surface area contributed by atoms with Crippen molar-refractivity contribution in [2.24, 2.45) is 11.8 Å². The Morgan fingerprint density at radius 2 is 1.89 bits per heavy atom. The molecule has 2 unspecified atom stereocenters. The monoisotopic (exact) mass is 274 g/mol. The highest BCUT2D eigenvalue weighted by Crippen LogP contribution is 2.10. The number of carbonyl (C=O) groups is 2. The average molecular weight is 274 g/mol. The van der Waals surface area contributed by atoms with Crippen molar-refractivity contribution in [1.82, 2.24) is 10.2 Å². The van der Waals surface area contributed by atoms with Gasteiger partial charge in [-0.3, -0.25) is 4.79 Å². The van der Waals surface area contributed by atoms with Crippen LogP contribution in [-0.2, 0) is 9.53 Å². The lowest BCUT2D eigenvalue weighted by atomic mass is 9.96. The number of carboxylic acid groups (broad SMARTS) is 1. The molecule has 2 N–H and O–H groups in total. The van der Waals surface area contributed by atoms with E-state index in [0.29, 0.717) is 13.2 Å². The maximum atomic E-state index is 12.0. The number of urea groups is 1. The minimum absolute atomic E-state index is 0.0238. The van der Waals surface area contributed by atoms with E-state index < -0.39 is 11.9 Å². The van der Waals surface area contributed by atoms with E-state index >= 15 is 0 Å². The molecule has 19 heavy (non-hydrogen) atoms. The first-order valence-corrected chi connectivity index (χ1v) is 6.61. The molecule has 0 rings (SSSR count). The highest BCUT2D eigenvalue weighted by Gasteiger charge is 2.24. The molecule has 0 aliphatic rings. The topological polar surface area (TPSA) is 78.9 Å². The fraction of sp³-hybridized carbons (Fsp3) is 0.846. The number of nitrogens with one attached hydrogen (secondary N) is 1. The van der Waals surface area contributed by atoms with Gasteiger partial charge in [0.2, 0.25) is 0 Å².